The molecule has 0 bridgehead atoms. The average molecular weight is 598 g/mol. The van der Waals surface area contributed by atoms with E-state index in [1.165, 1.54) is 47.9 Å². The molecule has 4 aromatic rings. The molecule has 3 heterocycles. The summed E-state index contributed by atoms with van der Waals surface area (Å²) in [6.45, 7) is 3.10. The van der Waals surface area contributed by atoms with E-state index in [1.54, 1.807) is 32.0 Å². The standard InChI is InChI=1S/C27H25ClFN7O4S/c1-13(24(38)32-22(12-37)17-6-18(29)9-19(7-17)40-3)36-11-16-5-4-15(8-20(16)25(36)39)23-21(28)10-30-26(33-23)34-27-31-14(2)35-41-27/h4-10,13,22,37H,11-12H2,1-3H3,(H,32,38)(H,30,31,33,34,35). The number of nitrogens with zero attached hydrogens (tertiary/aromatic N) is 5. The van der Waals surface area contributed by atoms with Crippen LogP contribution in [0.3, 0.4) is 0 Å². The van der Waals surface area contributed by atoms with Gasteiger partial charge in [0.05, 0.1) is 36.7 Å². The van der Waals surface area contributed by atoms with Crippen molar-refractivity contribution in [1.29, 1.82) is 0 Å². The molecule has 1 aliphatic heterocycles. The first-order valence-corrected chi connectivity index (χ1v) is 13.6. The molecule has 5 rings (SSSR count). The molecular formula is C27H25ClFN7O4S. The summed E-state index contributed by atoms with van der Waals surface area (Å²) in [6.07, 6.45) is 1.46. The molecule has 0 aliphatic carbocycles. The fraction of sp³-hybridized carbons (Fsp3) is 0.259. The van der Waals surface area contributed by atoms with Crippen LogP contribution >= 0.6 is 23.1 Å². The fourth-order valence-electron chi connectivity index (χ4n) is 4.43. The molecule has 0 fully saturated rings. The lowest BCUT2D eigenvalue weighted by atomic mass is 10.0. The van der Waals surface area contributed by atoms with Crippen LogP contribution in [0, 0.1) is 12.7 Å². The van der Waals surface area contributed by atoms with Gasteiger partial charge >= 0.3 is 0 Å². The summed E-state index contributed by atoms with van der Waals surface area (Å²) in [4.78, 5) is 40.9. The average Bonchev–Trinajstić information content (AvgIpc) is 3.53. The van der Waals surface area contributed by atoms with Crippen molar-refractivity contribution < 1.29 is 23.8 Å². The highest BCUT2D eigenvalue weighted by Gasteiger charge is 2.35. The second-order valence-electron chi connectivity index (χ2n) is 9.31. The number of amides is 2. The summed E-state index contributed by atoms with van der Waals surface area (Å²) in [7, 11) is 1.39. The predicted octanol–water partition coefficient (Wildman–Crippen LogP) is 4.04. The SMILES string of the molecule is COc1cc(F)cc(C(CO)NC(=O)C(C)N2Cc3ccc(-c4nc(Nc5nc(C)ns5)ncc4Cl)cc3C2=O)c1. The van der Waals surface area contributed by atoms with Crippen molar-refractivity contribution in [2.45, 2.75) is 32.5 Å². The number of aliphatic hydroxyl groups excluding tert-OH is 1. The van der Waals surface area contributed by atoms with Crippen molar-refractivity contribution in [1.82, 2.24) is 29.5 Å². The van der Waals surface area contributed by atoms with Gasteiger partial charge in [-0.1, -0.05) is 23.7 Å². The Morgan fingerprint density at radius 1 is 1.27 bits per heavy atom. The number of aromatic nitrogens is 4. The number of hydrogen-bond acceptors (Lipinski definition) is 10. The van der Waals surface area contributed by atoms with Gasteiger partial charge in [-0.3, -0.25) is 14.9 Å². The van der Waals surface area contributed by atoms with Crippen LogP contribution in [0.4, 0.5) is 15.5 Å². The number of benzene rings is 2. The highest BCUT2D eigenvalue weighted by Crippen LogP contribution is 2.33. The summed E-state index contributed by atoms with van der Waals surface area (Å²) >= 11 is 7.58. The van der Waals surface area contributed by atoms with E-state index in [0.29, 0.717) is 38.4 Å². The molecule has 2 unspecified atom stereocenters. The molecule has 2 aromatic carbocycles. The van der Waals surface area contributed by atoms with Crippen LogP contribution in [-0.2, 0) is 11.3 Å². The van der Waals surface area contributed by atoms with Gasteiger partial charge in [0.15, 0.2) is 0 Å². The number of carbonyl (C=O) groups excluding carboxylic acids is 2. The predicted molar refractivity (Wildman–Crippen MR) is 151 cm³/mol. The van der Waals surface area contributed by atoms with Gasteiger partial charge in [0, 0.05) is 35.3 Å². The number of hydrogen-bond donors (Lipinski definition) is 3. The van der Waals surface area contributed by atoms with Gasteiger partial charge in [0.2, 0.25) is 17.0 Å². The first-order valence-electron chi connectivity index (χ1n) is 12.5. The van der Waals surface area contributed by atoms with Gasteiger partial charge < -0.3 is 20.1 Å². The molecule has 2 atom stereocenters. The van der Waals surface area contributed by atoms with Gasteiger partial charge in [-0.05, 0) is 43.2 Å². The number of rotatable bonds is 9. The van der Waals surface area contributed by atoms with Gasteiger partial charge in [0.1, 0.15) is 23.4 Å². The van der Waals surface area contributed by atoms with Crippen molar-refractivity contribution >= 4 is 46.0 Å². The minimum absolute atomic E-state index is 0.210. The van der Waals surface area contributed by atoms with E-state index in [4.69, 9.17) is 16.3 Å². The molecule has 41 heavy (non-hydrogen) atoms. The number of ether oxygens (including phenoxy) is 1. The zero-order chi connectivity index (χ0) is 29.3. The third kappa shape index (κ3) is 5.97. The molecule has 0 saturated heterocycles. The van der Waals surface area contributed by atoms with E-state index < -0.39 is 30.4 Å². The minimum Gasteiger partial charge on any atom is -0.497 e. The molecule has 0 saturated carbocycles. The Morgan fingerprint density at radius 2 is 2.07 bits per heavy atom. The smallest absolute Gasteiger partial charge is 0.255 e. The maximum atomic E-state index is 14.0. The van der Waals surface area contributed by atoms with Crippen LogP contribution in [0.25, 0.3) is 11.3 Å². The molecule has 1 aliphatic rings. The number of carbonyl (C=O) groups is 2. The Morgan fingerprint density at radius 3 is 2.78 bits per heavy atom. The summed E-state index contributed by atoms with van der Waals surface area (Å²) in [5.74, 6) is -0.266. The van der Waals surface area contributed by atoms with Crippen LogP contribution < -0.4 is 15.4 Å². The number of nitrogens with one attached hydrogen (secondary N) is 2. The fourth-order valence-corrected chi connectivity index (χ4v) is 5.20. The maximum Gasteiger partial charge on any atom is 0.255 e. The van der Waals surface area contributed by atoms with Crippen molar-refractivity contribution in [2.24, 2.45) is 0 Å². The molecule has 14 heteroatoms. The van der Waals surface area contributed by atoms with Crippen LogP contribution in [-0.4, -0.2) is 60.9 Å². The van der Waals surface area contributed by atoms with E-state index in [9.17, 15) is 19.1 Å². The summed E-state index contributed by atoms with van der Waals surface area (Å²) < 4.78 is 23.2. The molecule has 0 spiro atoms. The second kappa shape index (κ2) is 11.7. The van der Waals surface area contributed by atoms with Crippen molar-refractivity contribution in [3.8, 4) is 17.0 Å². The first kappa shape index (κ1) is 28.3. The third-order valence-electron chi connectivity index (χ3n) is 6.58. The number of fused-ring (bicyclic) bond motifs is 1. The molecule has 0 radical (unpaired) electrons. The summed E-state index contributed by atoms with van der Waals surface area (Å²) in [6, 6.07) is 7.44. The Bertz CT molecular complexity index is 1640. The summed E-state index contributed by atoms with van der Waals surface area (Å²) in [5.41, 5.74) is 2.50. The molecule has 2 amide bonds. The van der Waals surface area contributed by atoms with E-state index in [1.807, 2.05) is 0 Å². The number of methoxy groups -OCH3 is 1. The van der Waals surface area contributed by atoms with Crippen LogP contribution in [0.2, 0.25) is 5.02 Å². The van der Waals surface area contributed by atoms with E-state index >= 15 is 0 Å². The van der Waals surface area contributed by atoms with Crippen molar-refractivity contribution in [3.05, 3.63) is 75.9 Å². The zero-order valence-corrected chi connectivity index (χ0v) is 23.8. The topological polar surface area (TPSA) is 142 Å². The number of aryl methyl sites for hydroxylation is 1. The van der Waals surface area contributed by atoms with E-state index in [2.05, 4.69) is 30.0 Å². The highest BCUT2D eigenvalue weighted by molar-refractivity contribution is 7.09. The summed E-state index contributed by atoms with van der Waals surface area (Å²) in [5, 5.41) is 16.4. The van der Waals surface area contributed by atoms with E-state index in [0.717, 1.165) is 5.56 Å². The van der Waals surface area contributed by atoms with Crippen molar-refractivity contribution in [2.75, 3.05) is 19.0 Å². The zero-order valence-electron chi connectivity index (χ0n) is 22.2. The molecule has 2 aromatic heterocycles. The highest BCUT2D eigenvalue weighted by atomic mass is 35.5. The van der Waals surface area contributed by atoms with E-state index in [-0.39, 0.29) is 24.1 Å². The molecule has 3 N–H and O–H groups in total. The lowest BCUT2D eigenvalue weighted by Gasteiger charge is -2.26. The number of halogens is 2. The third-order valence-corrected chi connectivity index (χ3v) is 7.58. The monoisotopic (exact) mass is 597 g/mol. The Hall–Kier alpha value is -4.20. The van der Waals surface area contributed by atoms with Crippen LogP contribution in [0.1, 0.15) is 40.3 Å². The first-order chi connectivity index (χ1) is 19.7. The van der Waals surface area contributed by atoms with Crippen LogP contribution in [0.5, 0.6) is 5.75 Å². The second-order valence-corrected chi connectivity index (χ2v) is 10.5. The quantitative estimate of drug-likeness (QED) is 0.260. The molecule has 212 valence electrons. The van der Waals surface area contributed by atoms with Gasteiger partial charge in [-0.25, -0.2) is 19.3 Å². The Balaban J connectivity index is 1.33. The van der Waals surface area contributed by atoms with Gasteiger partial charge in [-0.15, -0.1) is 0 Å². The number of aliphatic hydroxyl groups is 1. The number of anilines is 2. The molecular weight excluding hydrogens is 573 g/mol. The maximum absolute atomic E-state index is 14.0. The lowest BCUT2D eigenvalue weighted by molar-refractivity contribution is -0.126. The van der Waals surface area contributed by atoms with Crippen LogP contribution in [0.15, 0.2) is 42.6 Å². The van der Waals surface area contributed by atoms with Crippen molar-refractivity contribution in [3.63, 3.8) is 0 Å². The lowest BCUT2D eigenvalue weighted by Crippen LogP contribution is -2.46. The largest absolute Gasteiger partial charge is 0.497 e. The van der Waals surface area contributed by atoms with Gasteiger partial charge in [0.25, 0.3) is 5.91 Å². The Kier molecular flexibility index (Phi) is 8.10. The minimum atomic E-state index is -0.895. The normalized spacial score (nSPS) is 14.0. The Labute approximate surface area is 243 Å². The van der Waals surface area contributed by atoms with Gasteiger partial charge in [-0.2, -0.15) is 4.37 Å². The molecule has 11 nitrogen and oxygen atoms in total.